The molecule has 4 rings (SSSR count). The number of aryl methyl sites for hydroxylation is 1. The van der Waals surface area contributed by atoms with Crippen LogP contribution in [0.1, 0.15) is 10.5 Å². The van der Waals surface area contributed by atoms with Gasteiger partial charge in [0, 0.05) is 36.7 Å². The number of hydrogen-bond acceptors (Lipinski definition) is 4. The van der Waals surface area contributed by atoms with Crippen LogP contribution in [0, 0.1) is 5.82 Å². The summed E-state index contributed by atoms with van der Waals surface area (Å²) in [6.45, 7) is 0.846. The molecule has 1 saturated heterocycles. The van der Waals surface area contributed by atoms with Crippen molar-refractivity contribution in [2.75, 3.05) is 31.6 Å². The topological polar surface area (TPSA) is 80.6 Å². The lowest BCUT2D eigenvalue weighted by Crippen LogP contribution is -2.40. The number of nitrogens with one attached hydrogen (secondary N) is 1. The molecule has 1 amide bonds. The summed E-state index contributed by atoms with van der Waals surface area (Å²) in [4.78, 5) is 12.3. The minimum Gasteiger partial charge on any atom is -0.379 e. The van der Waals surface area contributed by atoms with Crippen LogP contribution in [0.4, 0.5) is 10.1 Å². The molecule has 1 aromatic heterocycles. The fraction of sp³-hybridized carbons (Fsp3) is 0.250. The molecule has 29 heavy (non-hydrogen) atoms. The first-order valence-electron chi connectivity index (χ1n) is 9.11. The molecule has 0 unspecified atom stereocenters. The second kappa shape index (κ2) is 7.58. The quantitative estimate of drug-likeness (QED) is 0.708. The fourth-order valence-electron chi connectivity index (χ4n) is 3.41. The van der Waals surface area contributed by atoms with E-state index in [4.69, 9.17) is 4.74 Å². The van der Waals surface area contributed by atoms with E-state index >= 15 is 0 Å². The van der Waals surface area contributed by atoms with Gasteiger partial charge in [-0.2, -0.15) is 4.31 Å². The Hall–Kier alpha value is -2.75. The van der Waals surface area contributed by atoms with Gasteiger partial charge in [0.05, 0.1) is 13.2 Å². The third-order valence-corrected chi connectivity index (χ3v) is 6.87. The number of nitrogens with zero attached hydrogens (tertiary/aromatic N) is 2. The molecule has 0 aliphatic carbocycles. The molecular weight excluding hydrogens is 397 g/mol. The molecule has 152 valence electrons. The van der Waals surface area contributed by atoms with Gasteiger partial charge in [-0.25, -0.2) is 12.8 Å². The predicted octanol–water partition coefficient (Wildman–Crippen LogP) is 2.59. The molecule has 3 aromatic rings. The van der Waals surface area contributed by atoms with Gasteiger partial charge < -0.3 is 14.6 Å². The van der Waals surface area contributed by atoms with Crippen molar-refractivity contribution in [1.29, 1.82) is 0 Å². The van der Waals surface area contributed by atoms with E-state index in [9.17, 15) is 17.6 Å². The number of para-hydroxylation sites is 1. The average Bonchev–Trinajstić information content (AvgIpc) is 3.07. The van der Waals surface area contributed by atoms with Gasteiger partial charge in [-0.15, -0.1) is 0 Å². The maximum Gasteiger partial charge on any atom is 0.272 e. The number of sulfonamides is 1. The van der Waals surface area contributed by atoms with Gasteiger partial charge in [0.1, 0.15) is 16.4 Å². The van der Waals surface area contributed by atoms with E-state index in [-0.39, 0.29) is 32.0 Å². The minimum atomic E-state index is -4.02. The van der Waals surface area contributed by atoms with E-state index in [2.05, 4.69) is 5.32 Å². The summed E-state index contributed by atoms with van der Waals surface area (Å²) in [6.07, 6.45) is 0. The lowest BCUT2D eigenvalue weighted by Gasteiger charge is -2.26. The maximum atomic E-state index is 14.3. The number of aromatic nitrogens is 1. The average molecular weight is 417 g/mol. The van der Waals surface area contributed by atoms with Crippen LogP contribution in [0.2, 0.25) is 0 Å². The molecule has 2 heterocycles. The largest absolute Gasteiger partial charge is 0.379 e. The summed E-state index contributed by atoms with van der Waals surface area (Å²) in [7, 11) is -2.25. The SMILES string of the molecule is Cn1c(C(=O)Nc2ccc(F)c(S(=O)(=O)N3CCOCC3)c2)cc2ccccc21. The van der Waals surface area contributed by atoms with Crippen LogP contribution < -0.4 is 5.32 Å². The lowest BCUT2D eigenvalue weighted by atomic mass is 10.2. The number of rotatable bonds is 4. The van der Waals surface area contributed by atoms with Crippen molar-refractivity contribution in [2.24, 2.45) is 7.05 Å². The Bertz CT molecular complexity index is 1180. The molecule has 0 spiro atoms. The van der Waals surface area contributed by atoms with Crippen molar-refractivity contribution in [3.8, 4) is 0 Å². The number of carbonyl (C=O) groups excluding carboxylic acids is 1. The summed E-state index contributed by atoms with van der Waals surface area (Å²) in [5.74, 6) is -1.27. The number of carbonyl (C=O) groups is 1. The van der Waals surface area contributed by atoms with Crippen LogP contribution in [0.25, 0.3) is 10.9 Å². The standard InChI is InChI=1S/C20H20FN3O4S/c1-23-17-5-3-2-4-14(17)12-18(23)20(25)22-15-6-7-16(21)19(13-15)29(26,27)24-8-10-28-11-9-24/h2-7,12-13H,8-11H2,1H3,(H,22,25). The summed E-state index contributed by atoms with van der Waals surface area (Å²) >= 11 is 0. The monoisotopic (exact) mass is 417 g/mol. The highest BCUT2D eigenvalue weighted by Gasteiger charge is 2.29. The smallest absolute Gasteiger partial charge is 0.272 e. The van der Waals surface area contributed by atoms with Crippen LogP contribution in [0.3, 0.4) is 0 Å². The molecule has 0 radical (unpaired) electrons. The van der Waals surface area contributed by atoms with Crippen molar-refractivity contribution in [1.82, 2.24) is 8.87 Å². The number of fused-ring (bicyclic) bond motifs is 1. The molecular formula is C20H20FN3O4S. The highest BCUT2D eigenvalue weighted by Crippen LogP contribution is 2.25. The van der Waals surface area contributed by atoms with Crippen molar-refractivity contribution in [2.45, 2.75) is 4.90 Å². The zero-order valence-electron chi connectivity index (χ0n) is 15.8. The van der Waals surface area contributed by atoms with Crippen LogP contribution >= 0.6 is 0 Å². The highest BCUT2D eigenvalue weighted by atomic mass is 32.2. The number of anilines is 1. The molecule has 7 nitrogen and oxygen atoms in total. The van der Waals surface area contributed by atoms with E-state index in [1.54, 1.807) is 17.7 Å². The Kier molecular flexibility index (Phi) is 5.12. The second-order valence-corrected chi connectivity index (χ2v) is 8.67. The number of halogens is 1. The normalized spacial score (nSPS) is 15.5. The first-order valence-corrected chi connectivity index (χ1v) is 10.6. The second-order valence-electron chi connectivity index (χ2n) is 6.76. The molecule has 1 N–H and O–H groups in total. The number of amides is 1. The van der Waals surface area contributed by atoms with Gasteiger partial charge in [-0.05, 0) is 30.3 Å². The molecule has 0 atom stereocenters. The Labute approximate surface area is 167 Å². The molecule has 1 aliphatic heterocycles. The Morgan fingerprint density at radius 1 is 1.10 bits per heavy atom. The molecule has 0 bridgehead atoms. The fourth-order valence-corrected chi connectivity index (χ4v) is 4.91. The van der Waals surface area contributed by atoms with E-state index in [1.807, 2.05) is 24.3 Å². The first-order chi connectivity index (χ1) is 13.9. The van der Waals surface area contributed by atoms with Crippen LogP contribution in [0.15, 0.2) is 53.4 Å². The van der Waals surface area contributed by atoms with Gasteiger partial charge in [-0.1, -0.05) is 18.2 Å². The zero-order valence-corrected chi connectivity index (χ0v) is 16.6. The zero-order chi connectivity index (χ0) is 20.6. The van der Waals surface area contributed by atoms with Crippen LogP contribution in [-0.2, 0) is 21.8 Å². The van der Waals surface area contributed by atoms with Gasteiger partial charge in [0.15, 0.2) is 0 Å². The molecule has 9 heteroatoms. The number of morpholine rings is 1. The van der Waals surface area contributed by atoms with E-state index in [1.165, 1.54) is 10.4 Å². The Balaban J connectivity index is 1.63. The highest BCUT2D eigenvalue weighted by molar-refractivity contribution is 7.89. The summed E-state index contributed by atoms with van der Waals surface area (Å²) in [6, 6.07) is 12.9. The minimum absolute atomic E-state index is 0.161. The molecule has 0 saturated carbocycles. The Morgan fingerprint density at radius 3 is 2.55 bits per heavy atom. The first kappa shape index (κ1) is 19.6. The molecule has 2 aromatic carbocycles. The van der Waals surface area contributed by atoms with Crippen LogP contribution in [0.5, 0.6) is 0 Å². The molecule has 1 fully saturated rings. The van der Waals surface area contributed by atoms with Crippen molar-refractivity contribution >= 4 is 32.5 Å². The Morgan fingerprint density at radius 2 is 1.83 bits per heavy atom. The predicted molar refractivity (Wildman–Crippen MR) is 107 cm³/mol. The van der Waals surface area contributed by atoms with Gasteiger partial charge in [-0.3, -0.25) is 4.79 Å². The number of benzene rings is 2. The van der Waals surface area contributed by atoms with Gasteiger partial charge in [0.25, 0.3) is 5.91 Å². The summed E-state index contributed by atoms with van der Waals surface area (Å²) < 4.78 is 48.0. The van der Waals surface area contributed by atoms with Crippen molar-refractivity contribution in [3.05, 3.63) is 60.0 Å². The van der Waals surface area contributed by atoms with Gasteiger partial charge in [0.2, 0.25) is 10.0 Å². The third-order valence-electron chi connectivity index (χ3n) is 4.96. The number of hydrogen-bond donors (Lipinski definition) is 1. The van der Waals surface area contributed by atoms with Crippen molar-refractivity contribution < 1.29 is 22.3 Å². The third kappa shape index (κ3) is 3.64. The summed E-state index contributed by atoms with van der Waals surface area (Å²) in [5.41, 5.74) is 1.51. The summed E-state index contributed by atoms with van der Waals surface area (Å²) in [5, 5.41) is 3.58. The van der Waals surface area contributed by atoms with Gasteiger partial charge >= 0.3 is 0 Å². The number of ether oxygens (including phenoxy) is 1. The maximum absolute atomic E-state index is 14.3. The van der Waals surface area contributed by atoms with Crippen molar-refractivity contribution in [3.63, 3.8) is 0 Å². The van der Waals surface area contributed by atoms with E-state index in [0.29, 0.717) is 5.69 Å². The van der Waals surface area contributed by atoms with E-state index in [0.717, 1.165) is 23.0 Å². The lowest BCUT2D eigenvalue weighted by molar-refractivity contribution is 0.0729. The molecule has 1 aliphatic rings. The van der Waals surface area contributed by atoms with Crippen LogP contribution in [-0.4, -0.2) is 49.5 Å². The van der Waals surface area contributed by atoms with E-state index < -0.39 is 26.6 Å².